The van der Waals surface area contributed by atoms with Crippen molar-refractivity contribution >= 4 is 11.0 Å². The van der Waals surface area contributed by atoms with Crippen LogP contribution in [0, 0.1) is 17.2 Å². The van der Waals surface area contributed by atoms with Crippen molar-refractivity contribution in [3.8, 4) is 6.07 Å². The number of benzene rings is 1. The molecule has 106 valence electrons. The molecule has 0 aliphatic rings. The van der Waals surface area contributed by atoms with Gasteiger partial charge in [-0.1, -0.05) is 40.7 Å². The van der Waals surface area contributed by atoms with E-state index in [1.54, 1.807) is 0 Å². The number of hydrogen-bond donors (Lipinski definition) is 0. The van der Waals surface area contributed by atoms with E-state index < -0.39 is 0 Å². The Hall–Kier alpha value is -1.82. The smallest absolute Gasteiger partial charge is 0.115 e. The Balaban J connectivity index is 2.61. The second-order valence-electron chi connectivity index (χ2n) is 6.84. The summed E-state index contributed by atoms with van der Waals surface area (Å²) < 4.78 is 2.15. The number of nitriles is 1. The first-order valence-electron chi connectivity index (χ1n) is 7.12. The largest absolute Gasteiger partial charge is 0.331 e. The quantitative estimate of drug-likeness (QED) is 0.822. The standard InChI is InChI=1S/C17H23N3/c1-11(2)13(10-18)12-7-8-14-15(9-12)20(6)16(19-14)17(3,4)5/h7-9,11,13H,1-6H3. The summed E-state index contributed by atoms with van der Waals surface area (Å²) in [6.07, 6.45) is 0. The molecule has 0 amide bonds. The molecule has 0 aliphatic carbocycles. The second-order valence-corrected chi connectivity index (χ2v) is 6.84. The molecule has 1 atom stereocenters. The van der Waals surface area contributed by atoms with Crippen LogP contribution >= 0.6 is 0 Å². The van der Waals surface area contributed by atoms with Crippen molar-refractivity contribution in [3.05, 3.63) is 29.6 Å². The third kappa shape index (κ3) is 2.43. The van der Waals surface area contributed by atoms with E-state index in [1.165, 1.54) is 0 Å². The van der Waals surface area contributed by atoms with Crippen LogP contribution in [0.25, 0.3) is 11.0 Å². The maximum Gasteiger partial charge on any atom is 0.115 e. The van der Waals surface area contributed by atoms with E-state index >= 15 is 0 Å². The number of rotatable bonds is 2. The number of aryl methyl sites for hydroxylation is 1. The van der Waals surface area contributed by atoms with E-state index in [0.717, 1.165) is 22.4 Å². The average molecular weight is 269 g/mol. The highest BCUT2D eigenvalue weighted by molar-refractivity contribution is 5.77. The summed E-state index contributed by atoms with van der Waals surface area (Å²) in [6.45, 7) is 10.7. The third-order valence-corrected chi connectivity index (χ3v) is 3.74. The Morgan fingerprint density at radius 2 is 1.90 bits per heavy atom. The summed E-state index contributed by atoms with van der Waals surface area (Å²) in [5.74, 6) is 1.32. The highest BCUT2D eigenvalue weighted by atomic mass is 15.1. The molecule has 0 fully saturated rings. The van der Waals surface area contributed by atoms with Crippen LogP contribution in [0.5, 0.6) is 0 Å². The van der Waals surface area contributed by atoms with Gasteiger partial charge in [0, 0.05) is 12.5 Å². The van der Waals surface area contributed by atoms with Gasteiger partial charge in [0.15, 0.2) is 0 Å². The number of aromatic nitrogens is 2. The fourth-order valence-electron chi connectivity index (χ4n) is 2.68. The lowest BCUT2D eigenvalue weighted by Crippen LogP contribution is -2.17. The van der Waals surface area contributed by atoms with E-state index in [1.807, 2.05) is 12.1 Å². The SMILES string of the molecule is CC(C)C(C#N)c1ccc2nc(C(C)(C)C)n(C)c2c1. The van der Waals surface area contributed by atoms with Gasteiger partial charge in [-0.3, -0.25) is 0 Å². The van der Waals surface area contributed by atoms with Gasteiger partial charge in [0.2, 0.25) is 0 Å². The van der Waals surface area contributed by atoms with Gasteiger partial charge < -0.3 is 4.57 Å². The third-order valence-electron chi connectivity index (χ3n) is 3.74. The molecule has 3 heteroatoms. The van der Waals surface area contributed by atoms with Crippen LogP contribution in [0.2, 0.25) is 0 Å². The van der Waals surface area contributed by atoms with Gasteiger partial charge in [-0.05, 0) is 23.6 Å². The van der Waals surface area contributed by atoms with Gasteiger partial charge in [-0.25, -0.2) is 4.98 Å². The lowest BCUT2D eigenvalue weighted by molar-refractivity contribution is 0.526. The van der Waals surface area contributed by atoms with Crippen molar-refractivity contribution in [1.82, 2.24) is 9.55 Å². The minimum absolute atomic E-state index is 0.0145. The van der Waals surface area contributed by atoms with Gasteiger partial charge in [0.25, 0.3) is 0 Å². The first-order valence-corrected chi connectivity index (χ1v) is 7.12. The summed E-state index contributed by atoms with van der Waals surface area (Å²) >= 11 is 0. The van der Waals surface area contributed by atoms with E-state index in [0.29, 0.717) is 5.92 Å². The van der Waals surface area contributed by atoms with E-state index in [-0.39, 0.29) is 11.3 Å². The molecule has 0 N–H and O–H groups in total. The van der Waals surface area contributed by atoms with Crippen LogP contribution in [-0.2, 0) is 12.5 Å². The monoisotopic (exact) mass is 269 g/mol. The van der Waals surface area contributed by atoms with Crippen LogP contribution in [0.3, 0.4) is 0 Å². The number of fused-ring (bicyclic) bond motifs is 1. The van der Waals surface area contributed by atoms with Gasteiger partial charge in [-0.2, -0.15) is 5.26 Å². The molecule has 1 unspecified atom stereocenters. The van der Waals surface area contributed by atoms with Crippen LogP contribution in [0.15, 0.2) is 18.2 Å². The first kappa shape index (κ1) is 14.6. The molecule has 0 bridgehead atoms. The molecule has 0 saturated carbocycles. The maximum absolute atomic E-state index is 9.35. The summed E-state index contributed by atoms with van der Waals surface area (Å²) in [6, 6.07) is 8.60. The van der Waals surface area contributed by atoms with Crippen LogP contribution in [0.1, 0.15) is 51.9 Å². The molecule has 0 radical (unpaired) electrons. The van der Waals surface area contributed by atoms with Gasteiger partial charge >= 0.3 is 0 Å². The van der Waals surface area contributed by atoms with Gasteiger partial charge in [-0.15, -0.1) is 0 Å². The molecule has 20 heavy (non-hydrogen) atoms. The Morgan fingerprint density at radius 3 is 2.40 bits per heavy atom. The lowest BCUT2D eigenvalue weighted by atomic mass is 9.89. The zero-order chi connectivity index (χ0) is 15.1. The highest BCUT2D eigenvalue weighted by Crippen LogP contribution is 2.29. The molecular formula is C17H23N3. The summed E-state index contributed by atoms with van der Waals surface area (Å²) in [4.78, 5) is 4.73. The fourth-order valence-corrected chi connectivity index (χ4v) is 2.68. The van der Waals surface area contributed by atoms with Crippen LogP contribution in [-0.4, -0.2) is 9.55 Å². The molecule has 1 heterocycles. The minimum atomic E-state index is -0.0626. The van der Waals surface area contributed by atoms with Crippen molar-refractivity contribution < 1.29 is 0 Å². The number of nitrogens with zero attached hydrogens (tertiary/aromatic N) is 3. The van der Waals surface area contributed by atoms with Crippen LogP contribution < -0.4 is 0 Å². The molecule has 0 aliphatic heterocycles. The van der Waals surface area contributed by atoms with E-state index in [4.69, 9.17) is 4.98 Å². The average Bonchev–Trinajstić information content (AvgIpc) is 2.67. The predicted octanol–water partition coefficient (Wildman–Crippen LogP) is 4.13. The molecular weight excluding hydrogens is 246 g/mol. The van der Waals surface area contributed by atoms with Crippen molar-refractivity contribution in [1.29, 1.82) is 5.26 Å². The highest BCUT2D eigenvalue weighted by Gasteiger charge is 2.22. The zero-order valence-electron chi connectivity index (χ0n) is 13.2. The first-order chi connectivity index (χ1) is 9.25. The Morgan fingerprint density at radius 1 is 1.25 bits per heavy atom. The van der Waals surface area contributed by atoms with Gasteiger partial charge in [0.1, 0.15) is 5.82 Å². The number of hydrogen-bond acceptors (Lipinski definition) is 2. The van der Waals surface area contributed by atoms with Crippen molar-refractivity contribution in [2.45, 2.75) is 46.0 Å². The molecule has 2 aromatic rings. The Kier molecular flexibility index (Phi) is 3.60. The molecule has 2 rings (SSSR count). The van der Waals surface area contributed by atoms with E-state index in [9.17, 15) is 5.26 Å². The summed E-state index contributed by atoms with van der Waals surface area (Å²) in [7, 11) is 2.05. The predicted molar refractivity (Wildman–Crippen MR) is 82.6 cm³/mol. The van der Waals surface area contributed by atoms with Gasteiger partial charge in [0.05, 0.1) is 23.0 Å². The number of imidazole rings is 1. The topological polar surface area (TPSA) is 41.6 Å². The Bertz CT molecular complexity index is 666. The molecule has 1 aromatic carbocycles. The van der Waals surface area contributed by atoms with Crippen molar-refractivity contribution in [2.24, 2.45) is 13.0 Å². The van der Waals surface area contributed by atoms with Crippen LogP contribution in [0.4, 0.5) is 0 Å². The minimum Gasteiger partial charge on any atom is -0.331 e. The van der Waals surface area contributed by atoms with E-state index in [2.05, 4.69) is 58.4 Å². The lowest BCUT2D eigenvalue weighted by Gasteiger charge is -2.17. The summed E-state index contributed by atoms with van der Waals surface area (Å²) in [5.41, 5.74) is 3.20. The molecule has 0 saturated heterocycles. The fraction of sp³-hybridized carbons (Fsp3) is 0.529. The normalized spacial score (nSPS) is 13.7. The second kappa shape index (κ2) is 4.94. The summed E-state index contributed by atoms with van der Waals surface area (Å²) in [5, 5.41) is 9.35. The Labute approximate surface area is 121 Å². The maximum atomic E-state index is 9.35. The molecule has 0 spiro atoms. The zero-order valence-corrected chi connectivity index (χ0v) is 13.2. The molecule has 3 nitrogen and oxygen atoms in total. The van der Waals surface area contributed by atoms with Crippen molar-refractivity contribution in [3.63, 3.8) is 0 Å². The molecule has 1 aromatic heterocycles. The van der Waals surface area contributed by atoms with Crippen molar-refractivity contribution in [2.75, 3.05) is 0 Å².